The molecular weight excluding hydrogens is 284 g/mol. The molecule has 3 aromatic rings. The van der Waals surface area contributed by atoms with Crippen LogP contribution in [0.15, 0.2) is 54.6 Å². The van der Waals surface area contributed by atoms with Crippen LogP contribution in [0.4, 0.5) is 0 Å². The molecule has 1 heterocycles. The first-order valence-electron chi connectivity index (χ1n) is 6.20. The van der Waals surface area contributed by atoms with E-state index in [-0.39, 0.29) is 0 Å². The first kappa shape index (κ1) is 13.2. The highest BCUT2D eigenvalue weighted by Crippen LogP contribution is 2.26. The summed E-state index contributed by atoms with van der Waals surface area (Å²) < 4.78 is 0.766. The largest absolute Gasteiger partial charge is 0.244 e. The molecule has 4 heteroatoms. The lowest BCUT2D eigenvalue weighted by Crippen LogP contribution is -2.02. The standard InChI is InChI=1S/C16H12N2S2/c1-20-16(19)15-14(11-7-3-2-4-8-11)17-12-9-5-6-10-13(12)18-15/h2-10H,1H3. The van der Waals surface area contributed by atoms with Crippen LogP contribution in [0.5, 0.6) is 0 Å². The Labute approximate surface area is 127 Å². The minimum Gasteiger partial charge on any atom is -0.244 e. The van der Waals surface area contributed by atoms with Crippen molar-refractivity contribution in [1.82, 2.24) is 9.97 Å². The molecule has 20 heavy (non-hydrogen) atoms. The summed E-state index contributed by atoms with van der Waals surface area (Å²) in [6.07, 6.45) is 1.97. The van der Waals surface area contributed by atoms with Gasteiger partial charge in [-0.2, -0.15) is 0 Å². The van der Waals surface area contributed by atoms with Crippen molar-refractivity contribution in [3.8, 4) is 11.3 Å². The Balaban J connectivity index is 2.30. The molecule has 0 aliphatic heterocycles. The maximum atomic E-state index is 5.43. The Morgan fingerprint density at radius 3 is 2.15 bits per heavy atom. The smallest absolute Gasteiger partial charge is 0.114 e. The second-order valence-corrected chi connectivity index (χ2v) is 5.75. The second kappa shape index (κ2) is 5.69. The fourth-order valence-corrected chi connectivity index (χ4v) is 2.51. The normalized spacial score (nSPS) is 10.7. The number of benzene rings is 2. The van der Waals surface area contributed by atoms with E-state index in [1.165, 1.54) is 11.8 Å². The van der Waals surface area contributed by atoms with Gasteiger partial charge in [0.25, 0.3) is 0 Å². The van der Waals surface area contributed by atoms with Crippen LogP contribution < -0.4 is 0 Å². The first-order valence-corrected chi connectivity index (χ1v) is 7.83. The molecule has 0 spiro atoms. The SMILES string of the molecule is CSC(=S)c1nc2ccccc2nc1-c1ccccc1. The number of fused-ring (bicyclic) bond motifs is 1. The van der Waals surface area contributed by atoms with Crippen molar-refractivity contribution >= 4 is 39.2 Å². The average Bonchev–Trinajstić information content (AvgIpc) is 2.53. The molecule has 98 valence electrons. The molecule has 0 unspecified atom stereocenters. The van der Waals surface area contributed by atoms with Crippen molar-refractivity contribution in [1.29, 1.82) is 0 Å². The lowest BCUT2D eigenvalue weighted by molar-refractivity contribution is 1.28. The number of thioether (sulfide) groups is 1. The van der Waals surface area contributed by atoms with E-state index < -0.39 is 0 Å². The predicted molar refractivity (Wildman–Crippen MR) is 90.2 cm³/mol. The summed E-state index contributed by atoms with van der Waals surface area (Å²) in [5.74, 6) is 0. The van der Waals surface area contributed by atoms with Gasteiger partial charge in [-0.3, -0.25) is 0 Å². The third-order valence-corrected chi connectivity index (χ3v) is 4.25. The Morgan fingerprint density at radius 1 is 0.900 bits per heavy atom. The van der Waals surface area contributed by atoms with Crippen LogP contribution in [0, 0.1) is 0 Å². The molecule has 0 aliphatic carbocycles. The zero-order chi connectivity index (χ0) is 13.9. The van der Waals surface area contributed by atoms with Gasteiger partial charge in [0.1, 0.15) is 5.69 Å². The molecule has 2 nitrogen and oxygen atoms in total. The van der Waals surface area contributed by atoms with Crippen LogP contribution in [-0.4, -0.2) is 20.4 Å². The van der Waals surface area contributed by atoms with Crippen LogP contribution in [0.2, 0.25) is 0 Å². The van der Waals surface area contributed by atoms with E-state index in [1.54, 1.807) is 0 Å². The van der Waals surface area contributed by atoms with E-state index in [0.717, 1.165) is 32.2 Å². The Bertz CT molecular complexity index is 770. The zero-order valence-corrected chi connectivity index (χ0v) is 12.5. The van der Waals surface area contributed by atoms with Gasteiger partial charge in [0.2, 0.25) is 0 Å². The third kappa shape index (κ3) is 2.44. The van der Waals surface area contributed by atoms with E-state index in [9.17, 15) is 0 Å². The maximum Gasteiger partial charge on any atom is 0.114 e. The van der Waals surface area contributed by atoms with Gasteiger partial charge in [0.15, 0.2) is 0 Å². The summed E-state index contributed by atoms with van der Waals surface area (Å²) in [6, 6.07) is 17.9. The number of para-hydroxylation sites is 2. The average molecular weight is 296 g/mol. The number of rotatable bonds is 2. The van der Waals surface area contributed by atoms with Crippen LogP contribution in [0.1, 0.15) is 5.69 Å². The summed E-state index contributed by atoms with van der Waals surface area (Å²) in [5.41, 5.74) is 4.44. The Morgan fingerprint density at radius 2 is 1.50 bits per heavy atom. The zero-order valence-electron chi connectivity index (χ0n) is 10.9. The summed E-state index contributed by atoms with van der Waals surface area (Å²) in [4.78, 5) is 9.45. The Hall–Kier alpha value is -1.78. The van der Waals surface area contributed by atoms with Gasteiger partial charge < -0.3 is 0 Å². The van der Waals surface area contributed by atoms with Crippen molar-refractivity contribution in [3.63, 3.8) is 0 Å². The maximum absolute atomic E-state index is 5.43. The lowest BCUT2D eigenvalue weighted by atomic mass is 10.1. The molecule has 0 saturated carbocycles. The molecule has 0 atom stereocenters. The summed E-state index contributed by atoms with van der Waals surface area (Å²) in [5, 5.41) is 0. The number of nitrogens with zero attached hydrogens (tertiary/aromatic N) is 2. The fourth-order valence-electron chi connectivity index (χ4n) is 2.04. The molecule has 0 aliphatic rings. The predicted octanol–water partition coefficient (Wildman–Crippen LogP) is 4.34. The van der Waals surface area contributed by atoms with Gasteiger partial charge in [-0.25, -0.2) is 9.97 Å². The molecule has 0 radical (unpaired) electrons. The summed E-state index contributed by atoms with van der Waals surface area (Å²) >= 11 is 6.96. The molecular formula is C16H12N2S2. The van der Waals surface area contributed by atoms with Crippen molar-refractivity contribution in [2.75, 3.05) is 6.26 Å². The van der Waals surface area contributed by atoms with E-state index >= 15 is 0 Å². The minimum absolute atomic E-state index is 0.766. The number of thiocarbonyl (C=S) groups is 1. The number of hydrogen-bond acceptors (Lipinski definition) is 4. The summed E-state index contributed by atoms with van der Waals surface area (Å²) in [7, 11) is 0. The highest BCUT2D eigenvalue weighted by atomic mass is 32.2. The molecule has 0 fully saturated rings. The van der Waals surface area contributed by atoms with Gasteiger partial charge in [0, 0.05) is 5.56 Å². The van der Waals surface area contributed by atoms with Gasteiger partial charge in [-0.05, 0) is 18.4 Å². The molecule has 0 N–H and O–H groups in total. The Kier molecular flexibility index (Phi) is 3.76. The van der Waals surface area contributed by atoms with Gasteiger partial charge >= 0.3 is 0 Å². The van der Waals surface area contributed by atoms with Crippen LogP contribution >= 0.6 is 24.0 Å². The number of aromatic nitrogens is 2. The highest BCUT2D eigenvalue weighted by molar-refractivity contribution is 8.23. The molecule has 0 saturated heterocycles. The molecule has 0 amide bonds. The van der Waals surface area contributed by atoms with E-state index in [4.69, 9.17) is 22.2 Å². The van der Waals surface area contributed by atoms with Gasteiger partial charge in [0.05, 0.1) is 20.9 Å². The van der Waals surface area contributed by atoms with E-state index in [1.807, 2.05) is 60.9 Å². The topological polar surface area (TPSA) is 25.8 Å². The molecule has 1 aromatic heterocycles. The molecule has 0 bridgehead atoms. The van der Waals surface area contributed by atoms with Crippen molar-refractivity contribution in [2.45, 2.75) is 0 Å². The van der Waals surface area contributed by atoms with E-state index in [2.05, 4.69) is 0 Å². The monoisotopic (exact) mass is 296 g/mol. The minimum atomic E-state index is 0.766. The van der Waals surface area contributed by atoms with E-state index in [0.29, 0.717) is 0 Å². The van der Waals surface area contributed by atoms with Gasteiger partial charge in [-0.15, -0.1) is 11.8 Å². The van der Waals surface area contributed by atoms with Crippen molar-refractivity contribution in [3.05, 3.63) is 60.3 Å². The number of hydrogen-bond donors (Lipinski definition) is 0. The lowest BCUT2D eigenvalue weighted by Gasteiger charge is -2.09. The fraction of sp³-hybridized carbons (Fsp3) is 0.0625. The van der Waals surface area contributed by atoms with Gasteiger partial charge in [-0.1, -0.05) is 54.7 Å². The molecule has 3 rings (SSSR count). The first-order chi connectivity index (χ1) is 9.79. The van der Waals surface area contributed by atoms with Crippen LogP contribution in [-0.2, 0) is 0 Å². The third-order valence-electron chi connectivity index (χ3n) is 3.00. The summed E-state index contributed by atoms with van der Waals surface area (Å²) in [6.45, 7) is 0. The molecule has 2 aromatic carbocycles. The highest BCUT2D eigenvalue weighted by Gasteiger charge is 2.14. The second-order valence-electron chi connectivity index (χ2n) is 4.27. The van der Waals surface area contributed by atoms with Crippen LogP contribution in [0.3, 0.4) is 0 Å². The van der Waals surface area contributed by atoms with Crippen molar-refractivity contribution in [2.24, 2.45) is 0 Å². The quantitative estimate of drug-likeness (QED) is 0.657. The van der Waals surface area contributed by atoms with Crippen molar-refractivity contribution < 1.29 is 0 Å². The van der Waals surface area contributed by atoms with Crippen LogP contribution in [0.25, 0.3) is 22.3 Å².